The van der Waals surface area contributed by atoms with Crippen LogP contribution in [0.25, 0.3) is 11.4 Å². The number of ether oxygens (including phenoxy) is 1. The molecule has 2 N–H and O–H groups in total. The zero-order chi connectivity index (χ0) is 32.0. The van der Waals surface area contributed by atoms with E-state index >= 15 is 0 Å². The smallest absolute Gasteiger partial charge is 0.341 e. The fourth-order valence-corrected chi connectivity index (χ4v) is 4.71. The average Bonchev–Trinajstić information content (AvgIpc) is 3.93. The number of benzene rings is 2. The molecular formula is C33H38F2N4O5. The minimum Gasteiger partial charge on any atom is -0.478 e. The summed E-state index contributed by atoms with van der Waals surface area (Å²) in [5.74, 6) is -2.05. The van der Waals surface area contributed by atoms with Crippen LogP contribution in [0.4, 0.5) is 8.78 Å². The van der Waals surface area contributed by atoms with Gasteiger partial charge in [-0.2, -0.15) is 0 Å². The average molecular weight is 609 g/mol. The fraction of sp³-hybridized carbons (Fsp3) is 0.394. The van der Waals surface area contributed by atoms with E-state index in [1.807, 2.05) is 30.8 Å². The first-order valence-corrected chi connectivity index (χ1v) is 14.7. The summed E-state index contributed by atoms with van der Waals surface area (Å²) < 4.78 is 36.4. The van der Waals surface area contributed by atoms with Gasteiger partial charge in [0, 0.05) is 31.3 Å². The molecule has 0 amide bonds. The van der Waals surface area contributed by atoms with Crippen LogP contribution in [0.2, 0.25) is 0 Å². The number of aliphatic hydroxyl groups excluding tert-OH is 1. The minimum atomic E-state index is -1.26. The van der Waals surface area contributed by atoms with Crippen molar-refractivity contribution in [1.29, 1.82) is 0 Å². The molecule has 0 unspecified atom stereocenters. The Hall–Kier alpha value is -4.38. The van der Waals surface area contributed by atoms with Crippen molar-refractivity contribution in [2.75, 3.05) is 13.7 Å². The normalized spacial score (nSPS) is 13.8. The van der Waals surface area contributed by atoms with Crippen LogP contribution in [-0.2, 0) is 4.74 Å². The number of carbonyl (C=O) groups excluding carboxylic acids is 1. The number of halogens is 2. The number of hydrogen-bond acceptors (Lipinski definition) is 6. The van der Waals surface area contributed by atoms with Crippen LogP contribution < -0.4 is 0 Å². The predicted molar refractivity (Wildman–Crippen MR) is 161 cm³/mol. The summed E-state index contributed by atoms with van der Waals surface area (Å²) in [5.41, 5.74) is 4.58. The maximum Gasteiger partial charge on any atom is 0.341 e. The van der Waals surface area contributed by atoms with Gasteiger partial charge in [-0.15, -0.1) is 0 Å². The zero-order valence-corrected chi connectivity index (χ0v) is 25.4. The minimum absolute atomic E-state index is 0.0247. The van der Waals surface area contributed by atoms with Gasteiger partial charge in [-0.25, -0.2) is 28.3 Å². The zero-order valence-electron chi connectivity index (χ0n) is 25.4. The van der Waals surface area contributed by atoms with E-state index < -0.39 is 23.6 Å². The molecule has 2 aliphatic carbocycles. The van der Waals surface area contributed by atoms with Gasteiger partial charge >= 0.3 is 11.9 Å². The van der Waals surface area contributed by atoms with Crippen molar-refractivity contribution in [3.05, 3.63) is 94.6 Å². The van der Waals surface area contributed by atoms with Crippen LogP contribution >= 0.6 is 0 Å². The van der Waals surface area contributed by atoms with Crippen LogP contribution in [0.1, 0.15) is 101 Å². The second kappa shape index (κ2) is 14.4. The molecule has 0 atom stereocenters. The van der Waals surface area contributed by atoms with Gasteiger partial charge in [-0.05, 0) is 81.3 Å². The molecule has 44 heavy (non-hydrogen) atoms. The van der Waals surface area contributed by atoms with E-state index in [0.717, 1.165) is 55.4 Å². The first-order chi connectivity index (χ1) is 21.2. The first kappa shape index (κ1) is 32.5. The lowest BCUT2D eigenvalue weighted by Crippen LogP contribution is -2.10. The van der Waals surface area contributed by atoms with Gasteiger partial charge in [0.1, 0.15) is 11.6 Å². The molecule has 2 aromatic carbocycles. The van der Waals surface area contributed by atoms with Crippen molar-refractivity contribution in [3.8, 4) is 11.4 Å². The summed E-state index contributed by atoms with van der Waals surface area (Å²) >= 11 is 0. The molecule has 0 saturated heterocycles. The molecule has 2 aromatic heterocycles. The Morgan fingerprint density at radius 2 is 1.30 bits per heavy atom. The number of unbranched alkanes of at least 4 members (excludes halogenated alkanes) is 1. The number of carboxylic acids is 1. The fourth-order valence-electron chi connectivity index (χ4n) is 4.71. The summed E-state index contributed by atoms with van der Waals surface area (Å²) in [6.45, 7) is 5.89. The summed E-state index contributed by atoms with van der Waals surface area (Å²) in [6, 6.07) is 5.53. The number of imidazole rings is 2. The van der Waals surface area contributed by atoms with Crippen molar-refractivity contribution in [2.24, 2.45) is 0 Å². The van der Waals surface area contributed by atoms with E-state index in [-0.39, 0.29) is 11.1 Å². The summed E-state index contributed by atoms with van der Waals surface area (Å²) in [4.78, 5) is 31.8. The van der Waals surface area contributed by atoms with Crippen LogP contribution in [0.3, 0.4) is 0 Å². The molecule has 2 fully saturated rings. The number of aromatic nitrogens is 4. The van der Waals surface area contributed by atoms with Crippen LogP contribution in [-0.4, -0.2) is 55.0 Å². The van der Waals surface area contributed by atoms with Crippen molar-refractivity contribution in [1.82, 2.24) is 19.1 Å². The Labute approximate surface area is 255 Å². The topological polar surface area (TPSA) is 119 Å². The Kier molecular flexibility index (Phi) is 10.6. The third-order valence-electron chi connectivity index (χ3n) is 7.51. The molecular weight excluding hydrogens is 570 g/mol. The number of rotatable bonds is 9. The second-order valence-electron chi connectivity index (χ2n) is 11.0. The Morgan fingerprint density at radius 3 is 1.73 bits per heavy atom. The summed E-state index contributed by atoms with van der Waals surface area (Å²) in [7, 11) is 1.00. The monoisotopic (exact) mass is 608 g/mol. The van der Waals surface area contributed by atoms with E-state index in [1.165, 1.54) is 31.0 Å². The number of esters is 1. The highest BCUT2D eigenvalue weighted by Gasteiger charge is 2.27. The van der Waals surface area contributed by atoms with E-state index in [2.05, 4.69) is 9.97 Å². The van der Waals surface area contributed by atoms with Gasteiger partial charge in [-0.1, -0.05) is 13.3 Å². The molecule has 0 bridgehead atoms. The number of nitrogens with zero attached hydrogens (tertiary/aromatic N) is 4. The van der Waals surface area contributed by atoms with E-state index in [1.54, 1.807) is 30.2 Å². The van der Waals surface area contributed by atoms with Crippen molar-refractivity contribution >= 4 is 11.9 Å². The Bertz CT molecular complexity index is 1620. The van der Waals surface area contributed by atoms with Gasteiger partial charge in [0.05, 0.1) is 53.2 Å². The van der Waals surface area contributed by atoms with E-state index in [0.29, 0.717) is 29.7 Å². The molecule has 6 rings (SSSR count). The Morgan fingerprint density at radius 1 is 0.841 bits per heavy atom. The molecule has 11 heteroatoms. The lowest BCUT2D eigenvalue weighted by atomic mass is 10.1. The number of carboxylic acid groups (broad SMARTS) is 1. The molecule has 0 radical (unpaired) electrons. The van der Waals surface area contributed by atoms with E-state index in [9.17, 15) is 18.4 Å². The number of aromatic carboxylic acids is 1. The molecule has 9 nitrogen and oxygen atoms in total. The molecule has 2 saturated carbocycles. The quantitative estimate of drug-likeness (QED) is 0.161. The van der Waals surface area contributed by atoms with Crippen molar-refractivity contribution in [3.63, 3.8) is 0 Å². The SMILES string of the molecule is CCCCOC(=O)c1cc(-n2cnc(C3CC3)c2)c(C)cc1F.CO.Cc1cc(F)c(C(=O)O)cc1-n1cnc(C2CC2)c1. The largest absolute Gasteiger partial charge is 0.478 e. The molecule has 234 valence electrons. The van der Waals surface area contributed by atoms with Gasteiger partial charge in [0.15, 0.2) is 0 Å². The van der Waals surface area contributed by atoms with Crippen LogP contribution in [0.15, 0.2) is 49.3 Å². The van der Waals surface area contributed by atoms with Gasteiger partial charge in [0.2, 0.25) is 0 Å². The van der Waals surface area contributed by atoms with Crippen molar-refractivity contribution in [2.45, 2.75) is 71.1 Å². The third kappa shape index (κ3) is 7.76. The highest BCUT2D eigenvalue weighted by atomic mass is 19.1. The standard InChI is InChI=1S/C18H21FN2O2.C14H13FN2O2.CH4O/c1-3-4-7-23-18(22)14-9-17(12(2)8-15(14)19)21-10-16(20-11-21)13-5-6-13;1-8-4-11(15)10(14(18)19)5-13(8)17-6-12(16-7-17)9-2-3-9;1-2/h8-11,13H,3-7H2,1-2H3;4-7,9H,2-3H2,1H3,(H,18,19);2H,1H3. The van der Waals surface area contributed by atoms with E-state index in [4.69, 9.17) is 14.9 Å². The third-order valence-corrected chi connectivity index (χ3v) is 7.51. The maximum atomic E-state index is 14.1. The van der Waals surface area contributed by atoms with Gasteiger partial charge in [0.25, 0.3) is 0 Å². The lowest BCUT2D eigenvalue weighted by Gasteiger charge is -2.11. The highest BCUT2D eigenvalue weighted by molar-refractivity contribution is 5.90. The molecule has 2 aliphatic rings. The molecule has 0 spiro atoms. The predicted octanol–water partition coefficient (Wildman–Crippen LogP) is 6.66. The van der Waals surface area contributed by atoms with Crippen LogP contribution in [0, 0.1) is 25.5 Å². The lowest BCUT2D eigenvalue weighted by molar-refractivity contribution is 0.0494. The second-order valence-corrected chi connectivity index (χ2v) is 11.0. The molecule has 0 aliphatic heterocycles. The van der Waals surface area contributed by atoms with Crippen molar-refractivity contribution < 1.29 is 33.3 Å². The number of hydrogen-bond donors (Lipinski definition) is 2. The Balaban J connectivity index is 0.000000193. The van der Waals surface area contributed by atoms with Crippen LogP contribution in [0.5, 0.6) is 0 Å². The summed E-state index contributed by atoms with van der Waals surface area (Å²) in [6.07, 6.45) is 13.6. The summed E-state index contributed by atoms with van der Waals surface area (Å²) in [5, 5.41) is 16.0. The molecule has 2 heterocycles. The highest BCUT2D eigenvalue weighted by Crippen LogP contribution is 2.40. The van der Waals surface area contributed by atoms with Gasteiger partial charge in [-0.3, -0.25) is 0 Å². The maximum absolute atomic E-state index is 14.1. The molecule has 4 aromatic rings. The number of carbonyl (C=O) groups is 2. The first-order valence-electron chi connectivity index (χ1n) is 14.7. The number of aryl methyl sites for hydroxylation is 2. The van der Waals surface area contributed by atoms with Gasteiger partial charge < -0.3 is 24.1 Å². The number of aliphatic hydroxyl groups is 1.